The molecular formula is C13H20N2O2S. The molecule has 1 amide bonds. The van der Waals surface area contributed by atoms with Crippen LogP contribution in [0.25, 0.3) is 0 Å². The first-order valence-corrected chi connectivity index (χ1v) is 7.33. The fourth-order valence-electron chi connectivity index (χ4n) is 1.54. The Morgan fingerprint density at radius 3 is 2.72 bits per heavy atom. The van der Waals surface area contributed by atoms with Crippen molar-refractivity contribution >= 4 is 17.7 Å². The average Bonchev–Trinajstić information content (AvgIpc) is 2.37. The summed E-state index contributed by atoms with van der Waals surface area (Å²) >= 11 is 1.76. The van der Waals surface area contributed by atoms with Crippen LogP contribution in [0.3, 0.4) is 0 Å². The molecule has 4 N–H and O–H groups in total. The molecule has 1 rings (SSSR count). The summed E-state index contributed by atoms with van der Waals surface area (Å²) in [6.07, 6.45) is 3.48. The van der Waals surface area contributed by atoms with Gasteiger partial charge in [-0.15, -0.1) is 0 Å². The van der Waals surface area contributed by atoms with Crippen molar-refractivity contribution in [1.82, 2.24) is 5.32 Å². The number of nitrogens with one attached hydrogen (secondary N) is 1. The molecule has 4 nitrogen and oxygen atoms in total. The third-order valence-corrected chi connectivity index (χ3v) is 3.25. The molecule has 0 heterocycles. The van der Waals surface area contributed by atoms with Crippen molar-refractivity contribution in [1.29, 1.82) is 0 Å². The van der Waals surface area contributed by atoms with Crippen LogP contribution < -0.4 is 11.1 Å². The molecular weight excluding hydrogens is 248 g/mol. The second kappa shape index (κ2) is 8.00. The van der Waals surface area contributed by atoms with Gasteiger partial charge in [0.15, 0.2) is 0 Å². The molecule has 1 aromatic rings. The smallest absolute Gasteiger partial charge is 0.237 e. The second-order valence-corrected chi connectivity index (χ2v) is 5.10. The van der Waals surface area contributed by atoms with Crippen molar-refractivity contribution < 1.29 is 9.90 Å². The number of benzene rings is 1. The van der Waals surface area contributed by atoms with E-state index in [1.54, 1.807) is 36.0 Å². The maximum absolute atomic E-state index is 11.7. The lowest BCUT2D eigenvalue weighted by Gasteiger charge is -2.12. The van der Waals surface area contributed by atoms with Gasteiger partial charge < -0.3 is 16.2 Å². The van der Waals surface area contributed by atoms with Gasteiger partial charge in [0, 0.05) is 6.54 Å². The third-order valence-electron chi connectivity index (χ3n) is 2.55. The number of carbonyl (C=O) groups excluding carboxylic acids is 1. The van der Waals surface area contributed by atoms with Crippen molar-refractivity contribution in [3.05, 3.63) is 29.8 Å². The predicted octanol–water partition coefficient (Wildman–Crippen LogP) is 1.13. The molecule has 0 bridgehead atoms. The standard InChI is InChI=1S/C13H20N2O2S/c1-18-8-2-7-15-13(17)12(14)9-10-3-5-11(16)6-4-10/h3-6,12,16H,2,7-9,14H2,1H3,(H,15,17)/t12-/m0/s1. The first-order chi connectivity index (χ1) is 8.63. The van der Waals surface area contributed by atoms with Gasteiger partial charge in [0.05, 0.1) is 6.04 Å². The maximum Gasteiger partial charge on any atom is 0.237 e. The molecule has 0 saturated carbocycles. The molecule has 0 aliphatic heterocycles. The number of aromatic hydroxyl groups is 1. The Bertz CT molecular complexity index is 368. The maximum atomic E-state index is 11.7. The quantitative estimate of drug-likeness (QED) is 0.648. The number of phenols is 1. The van der Waals surface area contributed by atoms with Gasteiger partial charge in [-0.25, -0.2) is 0 Å². The Morgan fingerprint density at radius 2 is 2.11 bits per heavy atom. The van der Waals surface area contributed by atoms with E-state index in [-0.39, 0.29) is 11.7 Å². The van der Waals surface area contributed by atoms with Crippen LogP contribution in [0, 0.1) is 0 Å². The number of amides is 1. The summed E-state index contributed by atoms with van der Waals surface area (Å²) in [6, 6.07) is 6.20. The van der Waals surface area contributed by atoms with Crippen LogP contribution in [0.2, 0.25) is 0 Å². The van der Waals surface area contributed by atoms with Gasteiger partial charge in [0.2, 0.25) is 5.91 Å². The normalized spacial score (nSPS) is 12.1. The zero-order chi connectivity index (χ0) is 13.4. The van der Waals surface area contributed by atoms with Crippen LogP contribution in [0.5, 0.6) is 5.75 Å². The Labute approximate surface area is 112 Å². The highest BCUT2D eigenvalue weighted by Crippen LogP contribution is 2.10. The van der Waals surface area contributed by atoms with E-state index in [4.69, 9.17) is 10.8 Å². The minimum Gasteiger partial charge on any atom is -0.508 e. The molecule has 0 radical (unpaired) electrons. The average molecular weight is 268 g/mol. The number of phenolic OH excluding ortho intramolecular Hbond substituents is 1. The fourth-order valence-corrected chi connectivity index (χ4v) is 1.97. The molecule has 100 valence electrons. The topological polar surface area (TPSA) is 75.4 Å². The lowest BCUT2D eigenvalue weighted by atomic mass is 10.1. The molecule has 0 spiro atoms. The third kappa shape index (κ3) is 5.42. The Kier molecular flexibility index (Phi) is 6.60. The van der Waals surface area contributed by atoms with E-state index in [0.29, 0.717) is 13.0 Å². The summed E-state index contributed by atoms with van der Waals surface area (Å²) < 4.78 is 0. The van der Waals surface area contributed by atoms with Crippen molar-refractivity contribution in [3.63, 3.8) is 0 Å². The first-order valence-electron chi connectivity index (χ1n) is 5.93. The molecule has 0 fully saturated rings. The SMILES string of the molecule is CSCCCNC(=O)[C@@H](N)Cc1ccc(O)cc1. The minimum absolute atomic E-state index is 0.121. The van der Waals surface area contributed by atoms with Crippen LogP contribution >= 0.6 is 11.8 Å². The molecule has 0 saturated heterocycles. The number of carbonyl (C=O) groups is 1. The highest BCUT2D eigenvalue weighted by atomic mass is 32.2. The number of hydrogen-bond donors (Lipinski definition) is 3. The van der Waals surface area contributed by atoms with Gasteiger partial charge in [-0.05, 0) is 42.5 Å². The Balaban J connectivity index is 2.33. The van der Waals surface area contributed by atoms with Crippen molar-refractivity contribution in [2.24, 2.45) is 5.73 Å². The fraction of sp³-hybridized carbons (Fsp3) is 0.462. The van der Waals surface area contributed by atoms with E-state index in [0.717, 1.165) is 17.7 Å². The number of rotatable bonds is 7. The summed E-state index contributed by atoms with van der Waals surface area (Å²) in [5.41, 5.74) is 6.77. The van der Waals surface area contributed by atoms with E-state index in [1.165, 1.54) is 0 Å². The Morgan fingerprint density at radius 1 is 1.44 bits per heavy atom. The van der Waals surface area contributed by atoms with E-state index in [1.807, 2.05) is 6.26 Å². The van der Waals surface area contributed by atoms with Crippen LogP contribution in [0.1, 0.15) is 12.0 Å². The highest BCUT2D eigenvalue weighted by Gasteiger charge is 2.13. The molecule has 5 heteroatoms. The van der Waals surface area contributed by atoms with E-state index >= 15 is 0 Å². The van der Waals surface area contributed by atoms with E-state index < -0.39 is 6.04 Å². The lowest BCUT2D eigenvalue weighted by Crippen LogP contribution is -2.42. The summed E-state index contributed by atoms with van der Waals surface area (Å²) in [5, 5.41) is 12.0. The predicted molar refractivity (Wildman–Crippen MR) is 75.8 cm³/mol. The van der Waals surface area contributed by atoms with Gasteiger partial charge in [-0.3, -0.25) is 4.79 Å². The summed E-state index contributed by atoms with van der Waals surface area (Å²) in [7, 11) is 0. The van der Waals surface area contributed by atoms with Crippen molar-refractivity contribution in [2.45, 2.75) is 18.9 Å². The van der Waals surface area contributed by atoms with Crippen molar-refractivity contribution in [2.75, 3.05) is 18.6 Å². The molecule has 0 unspecified atom stereocenters. The number of hydrogen-bond acceptors (Lipinski definition) is 4. The van der Waals surface area contributed by atoms with Crippen molar-refractivity contribution in [3.8, 4) is 5.75 Å². The van der Waals surface area contributed by atoms with Gasteiger partial charge in [-0.2, -0.15) is 11.8 Å². The first kappa shape index (κ1) is 14.9. The van der Waals surface area contributed by atoms with E-state index in [2.05, 4.69) is 5.32 Å². The van der Waals surface area contributed by atoms with Gasteiger partial charge in [0.1, 0.15) is 5.75 Å². The molecule has 18 heavy (non-hydrogen) atoms. The van der Waals surface area contributed by atoms with Gasteiger partial charge in [-0.1, -0.05) is 12.1 Å². The molecule has 1 aromatic carbocycles. The van der Waals surface area contributed by atoms with Gasteiger partial charge in [0.25, 0.3) is 0 Å². The lowest BCUT2D eigenvalue weighted by molar-refractivity contribution is -0.122. The van der Waals surface area contributed by atoms with Gasteiger partial charge >= 0.3 is 0 Å². The summed E-state index contributed by atoms with van der Waals surface area (Å²) in [5.74, 6) is 1.13. The monoisotopic (exact) mass is 268 g/mol. The highest BCUT2D eigenvalue weighted by molar-refractivity contribution is 7.98. The molecule has 1 atom stereocenters. The zero-order valence-electron chi connectivity index (χ0n) is 10.6. The minimum atomic E-state index is -0.538. The largest absolute Gasteiger partial charge is 0.508 e. The summed E-state index contributed by atoms with van der Waals surface area (Å²) in [6.45, 7) is 0.670. The van der Waals surface area contributed by atoms with Crippen LogP contribution in [-0.2, 0) is 11.2 Å². The summed E-state index contributed by atoms with van der Waals surface area (Å²) in [4.78, 5) is 11.7. The van der Waals surface area contributed by atoms with Crippen LogP contribution in [-0.4, -0.2) is 35.6 Å². The molecule has 0 aromatic heterocycles. The van der Waals surface area contributed by atoms with Crippen LogP contribution in [0.4, 0.5) is 0 Å². The zero-order valence-corrected chi connectivity index (χ0v) is 11.4. The van der Waals surface area contributed by atoms with E-state index in [9.17, 15) is 4.79 Å². The number of nitrogens with two attached hydrogens (primary N) is 1. The Hall–Kier alpha value is -1.20. The number of thioether (sulfide) groups is 1. The molecule has 0 aliphatic carbocycles. The van der Waals surface area contributed by atoms with Crippen LogP contribution in [0.15, 0.2) is 24.3 Å². The molecule has 0 aliphatic rings. The second-order valence-electron chi connectivity index (χ2n) is 4.11.